The van der Waals surface area contributed by atoms with Crippen molar-refractivity contribution >= 4 is 17.5 Å². The van der Waals surface area contributed by atoms with Gasteiger partial charge in [-0.15, -0.1) is 0 Å². The van der Waals surface area contributed by atoms with Gasteiger partial charge >= 0.3 is 0 Å². The molecule has 4 nitrogen and oxygen atoms in total. The molecule has 0 saturated heterocycles. The summed E-state index contributed by atoms with van der Waals surface area (Å²) in [6.45, 7) is 2.50. The predicted molar refractivity (Wildman–Crippen MR) is 100 cm³/mol. The van der Waals surface area contributed by atoms with Gasteiger partial charge in [0.2, 0.25) is 0 Å². The Hall–Kier alpha value is -2.20. The Bertz CT molecular complexity index is 690. The number of rotatable bonds is 9. The fraction of sp³-hybridized carbons (Fsp3) is 0.350. The average molecular weight is 362 g/mol. The Kier molecular flexibility index (Phi) is 7.61. The molecule has 0 fully saturated rings. The number of aryl methyl sites for hydroxylation is 1. The van der Waals surface area contributed by atoms with E-state index in [1.807, 2.05) is 49.4 Å². The summed E-state index contributed by atoms with van der Waals surface area (Å²) < 4.78 is 11.1. The number of nitrogens with one attached hydrogen (secondary N) is 1. The van der Waals surface area contributed by atoms with Gasteiger partial charge in [-0.2, -0.15) is 0 Å². The third-order valence-corrected chi connectivity index (χ3v) is 4.25. The first-order valence-corrected chi connectivity index (χ1v) is 8.84. The molecule has 134 valence electrons. The van der Waals surface area contributed by atoms with E-state index < -0.39 is 6.10 Å². The molecular weight excluding hydrogens is 338 g/mol. The lowest BCUT2D eigenvalue weighted by molar-refractivity contribution is -0.128. The zero-order valence-corrected chi connectivity index (χ0v) is 15.4. The van der Waals surface area contributed by atoms with Gasteiger partial charge in [0.15, 0.2) is 17.6 Å². The summed E-state index contributed by atoms with van der Waals surface area (Å²) in [5.41, 5.74) is 1.09. The van der Waals surface area contributed by atoms with Gasteiger partial charge in [0.25, 0.3) is 5.91 Å². The Labute approximate surface area is 154 Å². The molecular formula is C20H24ClNO3. The minimum absolute atomic E-state index is 0.118. The van der Waals surface area contributed by atoms with E-state index in [0.717, 1.165) is 23.4 Å². The van der Waals surface area contributed by atoms with Crippen LogP contribution in [0.2, 0.25) is 5.02 Å². The molecule has 0 heterocycles. The van der Waals surface area contributed by atoms with Gasteiger partial charge in [-0.25, -0.2) is 0 Å². The van der Waals surface area contributed by atoms with Crippen molar-refractivity contribution in [3.8, 4) is 11.5 Å². The number of amides is 1. The summed E-state index contributed by atoms with van der Waals surface area (Å²) in [6, 6.07) is 15.1. The maximum Gasteiger partial charge on any atom is 0.261 e. The first-order chi connectivity index (χ1) is 12.2. The highest BCUT2D eigenvalue weighted by Gasteiger charge is 2.19. The monoisotopic (exact) mass is 361 g/mol. The van der Waals surface area contributed by atoms with Gasteiger partial charge in [0.1, 0.15) is 0 Å². The predicted octanol–water partition coefficient (Wildman–Crippen LogP) is 4.26. The molecule has 2 aromatic carbocycles. The van der Waals surface area contributed by atoms with Crippen molar-refractivity contribution in [3.05, 3.63) is 59.1 Å². The topological polar surface area (TPSA) is 47.6 Å². The summed E-state index contributed by atoms with van der Waals surface area (Å²) in [4.78, 5) is 12.4. The maximum absolute atomic E-state index is 12.4. The second-order valence-corrected chi connectivity index (χ2v) is 6.06. The summed E-state index contributed by atoms with van der Waals surface area (Å²) in [5.74, 6) is 1.07. The molecule has 2 rings (SSSR count). The zero-order valence-electron chi connectivity index (χ0n) is 14.6. The van der Waals surface area contributed by atoms with Crippen molar-refractivity contribution in [2.45, 2.75) is 32.3 Å². The van der Waals surface area contributed by atoms with Gasteiger partial charge in [-0.05, 0) is 43.0 Å². The lowest BCUT2D eigenvalue weighted by Crippen LogP contribution is -2.38. The van der Waals surface area contributed by atoms with E-state index in [-0.39, 0.29) is 5.91 Å². The van der Waals surface area contributed by atoms with Crippen molar-refractivity contribution < 1.29 is 14.3 Å². The molecule has 25 heavy (non-hydrogen) atoms. The van der Waals surface area contributed by atoms with Gasteiger partial charge in [-0.3, -0.25) is 4.79 Å². The van der Waals surface area contributed by atoms with Crippen LogP contribution in [0.5, 0.6) is 11.5 Å². The van der Waals surface area contributed by atoms with Crippen LogP contribution in [0.3, 0.4) is 0 Å². The number of methoxy groups -OCH3 is 1. The van der Waals surface area contributed by atoms with E-state index >= 15 is 0 Å². The molecule has 0 aliphatic rings. The van der Waals surface area contributed by atoms with Gasteiger partial charge in [0.05, 0.1) is 7.11 Å². The highest BCUT2D eigenvalue weighted by molar-refractivity contribution is 6.31. The Balaban J connectivity index is 1.82. The van der Waals surface area contributed by atoms with Crippen molar-refractivity contribution in [3.63, 3.8) is 0 Å². The molecule has 0 spiro atoms. The van der Waals surface area contributed by atoms with Crippen LogP contribution in [0.4, 0.5) is 0 Å². The van der Waals surface area contributed by atoms with E-state index in [0.29, 0.717) is 24.5 Å². The van der Waals surface area contributed by atoms with Crippen molar-refractivity contribution in [1.82, 2.24) is 5.32 Å². The largest absolute Gasteiger partial charge is 0.493 e. The second kappa shape index (κ2) is 9.94. The second-order valence-electron chi connectivity index (χ2n) is 5.65. The number of ether oxygens (including phenoxy) is 2. The number of carbonyl (C=O) groups is 1. The van der Waals surface area contributed by atoms with E-state index in [1.54, 1.807) is 13.2 Å². The summed E-state index contributed by atoms with van der Waals surface area (Å²) >= 11 is 6.14. The fourth-order valence-electron chi connectivity index (χ4n) is 2.50. The molecule has 0 aromatic heterocycles. The molecule has 0 aliphatic carbocycles. The van der Waals surface area contributed by atoms with Crippen LogP contribution in [-0.2, 0) is 11.2 Å². The van der Waals surface area contributed by atoms with Crippen LogP contribution < -0.4 is 14.8 Å². The van der Waals surface area contributed by atoms with Crippen LogP contribution in [0.15, 0.2) is 48.5 Å². The zero-order chi connectivity index (χ0) is 18.1. The quantitative estimate of drug-likeness (QED) is 0.679. The number of hydrogen-bond acceptors (Lipinski definition) is 3. The standard InChI is InChI=1S/C20H24ClNO3/c1-3-17(25-19-13-7-6-12-18(19)24-2)20(23)22-14-8-10-15-9-4-5-11-16(15)21/h4-7,9,11-13,17H,3,8,10,14H2,1-2H3,(H,22,23). The van der Waals surface area contributed by atoms with Crippen molar-refractivity contribution in [1.29, 1.82) is 0 Å². The van der Waals surface area contributed by atoms with Crippen LogP contribution in [0.25, 0.3) is 0 Å². The third kappa shape index (κ3) is 5.68. The van der Waals surface area contributed by atoms with E-state index in [9.17, 15) is 4.79 Å². The lowest BCUT2D eigenvalue weighted by atomic mass is 10.1. The first-order valence-electron chi connectivity index (χ1n) is 8.46. The van der Waals surface area contributed by atoms with Crippen LogP contribution in [0.1, 0.15) is 25.3 Å². The molecule has 5 heteroatoms. The van der Waals surface area contributed by atoms with E-state index in [4.69, 9.17) is 21.1 Å². The molecule has 0 bridgehead atoms. The number of benzene rings is 2. The molecule has 1 amide bonds. The smallest absolute Gasteiger partial charge is 0.261 e. The molecule has 0 aliphatic heterocycles. The molecule has 1 atom stereocenters. The Morgan fingerprint density at radius 2 is 1.80 bits per heavy atom. The van der Waals surface area contributed by atoms with Gasteiger partial charge in [-0.1, -0.05) is 48.9 Å². The summed E-state index contributed by atoms with van der Waals surface area (Å²) in [6.07, 6.45) is 1.68. The Morgan fingerprint density at radius 3 is 2.48 bits per heavy atom. The minimum atomic E-state index is -0.545. The molecule has 1 N–H and O–H groups in total. The molecule has 0 radical (unpaired) electrons. The number of para-hydroxylation sites is 2. The summed E-state index contributed by atoms with van der Waals surface area (Å²) in [5, 5.41) is 3.70. The van der Waals surface area contributed by atoms with Crippen molar-refractivity contribution in [2.24, 2.45) is 0 Å². The normalized spacial score (nSPS) is 11.6. The fourth-order valence-corrected chi connectivity index (χ4v) is 2.73. The van der Waals surface area contributed by atoms with Crippen LogP contribution >= 0.6 is 11.6 Å². The maximum atomic E-state index is 12.4. The number of hydrogen-bond donors (Lipinski definition) is 1. The highest BCUT2D eigenvalue weighted by Crippen LogP contribution is 2.27. The summed E-state index contributed by atoms with van der Waals surface area (Å²) in [7, 11) is 1.58. The van der Waals surface area contributed by atoms with E-state index in [1.165, 1.54) is 0 Å². The van der Waals surface area contributed by atoms with Crippen LogP contribution in [0, 0.1) is 0 Å². The van der Waals surface area contributed by atoms with Crippen LogP contribution in [-0.4, -0.2) is 25.7 Å². The van der Waals surface area contributed by atoms with Crippen molar-refractivity contribution in [2.75, 3.05) is 13.7 Å². The number of carbonyl (C=O) groups excluding carboxylic acids is 1. The molecule has 1 unspecified atom stereocenters. The number of halogens is 1. The minimum Gasteiger partial charge on any atom is -0.493 e. The van der Waals surface area contributed by atoms with Gasteiger partial charge < -0.3 is 14.8 Å². The van der Waals surface area contributed by atoms with E-state index in [2.05, 4.69) is 5.32 Å². The first kappa shape index (κ1) is 19.1. The Morgan fingerprint density at radius 1 is 1.12 bits per heavy atom. The lowest BCUT2D eigenvalue weighted by Gasteiger charge is -2.18. The third-order valence-electron chi connectivity index (χ3n) is 3.88. The molecule has 2 aromatic rings. The highest BCUT2D eigenvalue weighted by atomic mass is 35.5. The van der Waals surface area contributed by atoms with Gasteiger partial charge in [0, 0.05) is 11.6 Å². The molecule has 0 saturated carbocycles. The SMILES string of the molecule is CCC(Oc1ccccc1OC)C(=O)NCCCc1ccccc1Cl. The average Bonchev–Trinajstić information content (AvgIpc) is 2.64.